The van der Waals surface area contributed by atoms with Crippen molar-refractivity contribution in [2.75, 3.05) is 6.54 Å². The molecule has 128 valence electrons. The Bertz CT molecular complexity index is 654. The van der Waals surface area contributed by atoms with Gasteiger partial charge < -0.3 is 5.32 Å². The van der Waals surface area contributed by atoms with Gasteiger partial charge in [-0.15, -0.1) is 5.10 Å². The topological polar surface area (TPSA) is 72.7 Å². The van der Waals surface area contributed by atoms with Gasteiger partial charge in [-0.2, -0.15) is 4.68 Å². The number of aromatic nitrogens is 4. The van der Waals surface area contributed by atoms with E-state index >= 15 is 0 Å². The highest BCUT2D eigenvalue weighted by atomic mass is 32.2. The third kappa shape index (κ3) is 4.35. The Labute approximate surface area is 146 Å². The predicted octanol–water partition coefficient (Wildman–Crippen LogP) is 2.84. The van der Waals surface area contributed by atoms with Gasteiger partial charge >= 0.3 is 0 Å². The summed E-state index contributed by atoms with van der Waals surface area (Å²) >= 11 is 1.38. The van der Waals surface area contributed by atoms with E-state index < -0.39 is 0 Å². The summed E-state index contributed by atoms with van der Waals surface area (Å²) < 4.78 is 1.66. The molecular formula is C17H23N5OS. The Hall–Kier alpha value is -1.89. The Balaban J connectivity index is 1.56. The maximum absolute atomic E-state index is 12.3. The molecule has 1 amide bonds. The van der Waals surface area contributed by atoms with E-state index in [1.165, 1.54) is 43.9 Å². The van der Waals surface area contributed by atoms with Crippen molar-refractivity contribution in [3.63, 3.8) is 0 Å². The molecule has 1 N–H and O–H groups in total. The molecule has 0 spiro atoms. The molecule has 0 radical (unpaired) electrons. The maximum Gasteiger partial charge on any atom is 0.233 e. The van der Waals surface area contributed by atoms with Crippen LogP contribution in [0, 0.1) is 5.92 Å². The van der Waals surface area contributed by atoms with E-state index in [4.69, 9.17) is 0 Å². The molecule has 1 fully saturated rings. The van der Waals surface area contributed by atoms with Crippen LogP contribution >= 0.6 is 11.8 Å². The summed E-state index contributed by atoms with van der Waals surface area (Å²) in [6.07, 6.45) is 6.37. The number of carbonyl (C=O) groups excluding carboxylic acids is 1. The summed E-state index contributed by atoms with van der Waals surface area (Å²) in [5.41, 5.74) is 0.889. The number of rotatable bonds is 6. The van der Waals surface area contributed by atoms with Crippen LogP contribution in [0.4, 0.5) is 0 Å². The number of thioether (sulfide) groups is 1. The lowest BCUT2D eigenvalue weighted by atomic mass is 9.89. The normalized spacial score (nSPS) is 16.7. The number of para-hydroxylation sites is 1. The SMILES string of the molecule is C[C@H](Sc1nnnn1-c1ccccc1)C(=O)NCC1CCCCC1. The smallest absolute Gasteiger partial charge is 0.233 e. The van der Waals surface area contributed by atoms with Gasteiger partial charge in [-0.3, -0.25) is 4.79 Å². The summed E-state index contributed by atoms with van der Waals surface area (Å²) in [6.45, 7) is 2.68. The first-order valence-electron chi connectivity index (χ1n) is 8.52. The van der Waals surface area contributed by atoms with Gasteiger partial charge in [0.2, 0.25) is 11.1 Å². The quantitative estimate of drug-likeness (QED) is 0.815. The molecule has 1 aromatic heterocycles. The van der Waals surface area contributed by atoms with Crippen molar-refractivity contribution in [3.05, 3.63) is 30.3 Å². The molecule has 1 aromatic carbocycles. The lowest BCUT2D eigenvalue weighted by molar-refractivity contribution is -0.120. The number of hydrogen-bond acceptors (Lipinski definition) is 5. The van der Waals surface area contributed by atoms with Crippen molar-refractivity contribution < 1.29 is 4.79 Å². The lowest BCUT2D eigenvalue weighted by Crippen LogP contribution is -2.35. The third-order valence-electron chi connectivity index (χ3n) is 4.38. The average Bonchev–Trinajstić information content (AvgIpc) is 3.09. The lowest BCUT2D eigenvalue weighted by Gasteiger charge is -2.22. The molecule has 24 heavy (non-hydrogen) atoms. The second-order valence-electron chi connectivity index (χ2n) is 6.22. The van der Waals surface area contributed by atoms with E-state index in [-0.39, 0.29) is 11.2 Å². The van der Waals surface area contributed by atoms with Crippen LogP contribution in [0.3, 0.4) is 0 Å². The van der Waals surface area contributed by atoms with Gasteiger partial charge in [0, 0.05) is 6.54 Å². The van der Waals surface area contributed by atoms with Crippen molar-refractivity contribution in [2.24, 2.45) is 5.92 Å². The van der Waals surface area contributed by atoms with Gasteiger partial charge in [-0.25, -0.2) is 0 Å². The van der Waals surface area contributed by atoms with Crippen LogP contribution in [0.1, 0.15) is 39.0 Å². The Morgan fingerprint density at radius 2 is 2.04 bits per heavy atom. The molecule has 1 heterocycles. The molecule has 2 aromatic rings. The number of hydrogen-bond donors (Lipinski definition) is 1. The minimum Gasteiger partial charge on any atom is -0.355 e. The molecule has 7 heteroatoms. The molecule has 6 nitrogen and oxygen atoms in total. The zero-order valence-electron chi connectivity index (χ0n) is 13.9. The highest BCUT2D eigenvalue weighted by Gasteiger charge is 2.20. The molecule has 1 atom stereocenters. The molecule has 1 saturated carbocycles. The van der Waals surface area contributed by atoms with Crippen LogP contribution in [-0.4, -0.2) is 37.9 Å². The van der Waals surface area contributed by atoms with Crippen molar-refractivity contribution >= 4 is 17.7 Å². The second-order valence-corrected chi connectivity index (χ2v) is 7.53. The van der Waals surface area contributed by atoms with Gasteiger partial charge in [-0.05, 0) is 48.2 Å². The molecule has 0 unspecified atom stereocenters. The highest BCUT2D eigenvalue weighted by molar-refractivity contribution is 8.00. The Kier molecular flexibility index (Phi) is 5.85. The first-order valence-corrected chi connectivity index (χ1v) is 9.40. The Morgan fingerprint density at radius 1 is 1.29 bits per heavy atom. The minimum absolute atomic E-state index is 0.0492. The fourth-order valence-electron chi connectivity index (χ4n) is 2.98. The van der Waals surface area contributed by atoms with Crippen LogP contribution in [0.5, 0.6) is 0 Å². The molecule has 0 saturated heterocycles. The van der Waals surface area contributed by atoms with Crippen LogP contribution in [0.25, 0.3) is 5.69 Å². The summed E-state index contributed by atoms with van der Waals surface area (Å²) in [4.78, 5) is 12.3. The van der Waals surface area contributed by atoms with Gasteiger partial charge in [0.25, 0.3) is 0 Å². The number of nitrogens with one attached hydrogen (secondary N) is 1. The molecule has 3 rings (SSSR count). The average molecular weight is 345 g/mol. The third-order valence-corrected chi connectivity index (χ3v) is 5.42. The predicted molar refractivity (Wildman–Crippen MR) is 94.1 cm³/mol. The summed E-state index contributed by atoms with van der Waals surface area (Å²) in [5.74, 6) is 0.683. The van der Waals surface area contributed by atoms with E-state index in [1.807, 2.05) is 37.3 Å². The van der Waals surface area contributed by atoms with Crippen molar-refractivity contribution in [2.45, 2.75) is 49.4 Å². The monoisotopic (exact) mass is 345 g/mol. The van der Waals surface area contributed by atoms with Crippen molar-refractivity contribution in [1.29, 1.82) is 0 Å². The molecule has 1 aliphatic carbocycles. The summed E-state index contributed by atoms with van der Waals surface area (Å²) in [5, 5.41) is 15.3. The van der Waals surface area contributed by atoms with E-state index in [1.54, 1.807) is 4.68 Å². The largest absolute Gasteiger partial charge is 0.355 e. The minimum atomic E-state index is -0.234. The fraction of sp³-hybridized carbons (Fsp3) is 0.529. The molecule has 0 bridgehead atoms. The van der Waals surface area contributed by atoms with Crippen LogP contribution in [-0.2, 0) is 4.79 Å². The molecular weight excluding hydrogens is 322 g/mol. The van der Waals surface area contributed by atoms with Gasteiger partial charge in [0.15, 0.2) is 0 Å². The highest BCUT2D eigenvalue weighted by Crippen LogP contribution is 2.24. The first-order chi connectivity index (χ1) is 11.7. The first kappa shape index (κ1) is 17.0. The number of benzene rings is 1. The van der Waals surface area contributed by atoms with Crippen LogP contribution < -0.4 is 5.32 Å². The zero-order chi connectivity index (χ0) is 16.8. The van der Waals surface area contributed by atoms with Gasteiger partial charge in [0.1, 0.15) is 0 Å². The van der Waals surface area contributed by atoms with E-state index in [9.17, 15) is 4.79 Å². The van der Waals surface area contributed by atoms with Gasteiger partial charge in [0.05, 0.1) is 10.9 Å². The fourth-order valence-corrected chi connectivity index (χ4v) is 3.81. The van der Waals surface area contributed by atoms with E-state index in [0.717, 1.165) is 12.2 Å². The van der Waals surface area contributed by atoms with E-state index in [2.05, 4.69) is 20.8 Å². The number of tetrazole rings is 1. The maximum atomic E-state index is 12.3. The van der Waals surface area contributed by atoms with Crippen molar-refractivity contribution in [3.8, 4) is 5.69 Å². The molecule has 1 aliphatic rings. The second kappa shape index (κ2) is 8.28. The van der Waals surface area contributed by atoms with Crippen LogP contribution in [0.15, 0.2) is 35.5 Å². The summed E-state index contributed by atoms with van der Waals surface area (Å²) in [6, 6.07) is 9.70. The Morgan fingerprint density at radius 3 is 2.79 bits per heavy atom. The standard InChI is InChI=1S/C17H23N5OS/c1-13(16(23)18-12-14-8-4-2-5-9-14)24-17-19-20-21-22(17)15-10-6-3-7-11-15/h3,6-7,10-11,13-14H,2,4-5,8-9,12H2,1H3,(H,18,23)/t13-/m0/s1. The van der Waals surface area contributed by atoms with E-state index in [0.29, 0.717) is 11.1 Å². The molecule has 0 aliphatic heterocycles. The number of nitrogens with zero attached hydrogens (tertiary/aromatic N) is 4. The zero-order valence-corrected chi connectivity index (χ0v) is 14.7. The van der Waals surface area contributed by atoms with Crippen molar-refractivity contribution in [1.82, 2.24) is 25.5 Å². The number of carbonyl (C=O) groups is 1. The summed E-state index contributed by atoms with van der Waals surface area (Å²) in [7, 11) is 0. The number of amides is 1. The van der Waals surface area contributed by atoms with Gasteiger partial charge in [-0.1, -0.05) is 49.2 Å². The van der Waals surface area contributed by atoms with Crippen LogP contribution in [0.2, 0.25) is 0 Å².